The fraction of sp³-hybridized carbons (Fsp3) is 0.222. The molecule has 0 N–H and O–H groups in total. The molecule has 0 aliphatic rings. The number of benzene rings is 1. The first-order chi connectivity index (χ1) is 11.9. The topological polar surface area (TPSA) is 44.1 Å². The van der Waals surface area contributed by atoms with E-state index in [2.05, 4.69) is 4.98 Å². The van der Waals surface area contributed by atoms with Crippen LogP contribution in [0.1, 0.15) is 11.3 Å². The van der Waals surface area contributed by atoms with Crippen LogP contribution in [0.5, 0.6) is 5.75 Å². The Hall–Kier alpha value is -2.83. The monoisotopic (exact) mass is 348 g/mol. The van der Waals surface area contributed by atoms with E-state index in [1.54, 1.807) is 11.7 Å². The summed E-state index contributed by atoms with van der Waals surface area (Å²) in [5.74, 6) is 0.735. The van der Waals surface area contributed by atoms with E-state index in [0.29, 0.717) is 13.0 Å². The third kappa shape index (κ3) is 3.50. The normalized spacial score (nSPS) is 11.7. The summed E-state index contributed by atoms with van der Waals surface area (Å²) in [5, 5.41) is -0.396. The lowest BCUT2D eigenvalue weighted by Gasteiger charge is -2.14. The Labute approximate surface area is 141 Å². The third-order valence-electron chi connectivity index (χ3n) is 3.96. The Morgan fingerprint density at radius 3 is 2.48 bits per heavy atom. The van der Waals surface area contributed by atoms with E-state index in [9.17, 15) is 18.0 Å². The van der Waals surface area contributed by atoms with Crippen molar-refractivity contribution in [1.29, 1.82) is 0 Å². The highest BCUT2D eigenvalue weighted by molar-refractivity contribution is 5.81. The van der Waals surface area contributed by atoms with Gasteiger partial charge in [-0.2, -0.15) is 13.2 Å². The number of methoxy groups -OCH3 is 1. The Kier molecular flexibility index (Phi) is 4.48. The molecule has 0 saturated heterocycles. The molecule has 2 aromatic heterocycles. The van der Waals surface area contributed by atoms with E-state index in [4.69, 9.17) is 4.74 Å². The predicted octanol–water partition coefficient (Wildman–Crippen LogP) is 3.67. The van der Waals surface area contributed by atoms with Gasteiger partial charge in [0.2, 0.25) is 0 Å². The second-order valence-electron chi connectivity index (χ2n) is 5.52. The van der Waals surface area contributed by atoms with Crippen LogP contribution in [-0.4, -0.2) is 16.7 Å². The number of fused-ring (bicyclic) bond motifs is 1. The van der Waals surface area contributed by atoms with Crippen molar-refractivity contribution in [2.45, 2.75) is 19.1 Å². The van der Waals surface area contributed by atoms with E-state index < -0.39 is 22.7 Å². The van der Waals surface area contributed by atoms with Crippen LogP contribution in [0.3, 0.4) is 0 Å². The summed E-state index contributed by atoms with van der Waals surface area (Å²) >= 11 is 0. The van der Waals surface area contributed by atoms with Gasteiger partial charge in [-0.25, -0.2) is 0 Å². The molecule has 0 fully saturated rings. The molecule has 0 aliphatic heterocycles. The largest absolute Gasteiger partial charge is 0.497 e. The number of pyridine rings is 2. The van der Waals surface area contributed by atoms with Crippen molar-refractivity contribution in [1.82, 2.24) is 9.55 Å². The summed E-state index contributed by atoms with van der Waals surface area (Å²) in [4.78, 5) is 15.3. The zero-order chi connectivity index (χ0) is 18.0. The van der Waals surface area contributed by atoms with E-state index in [1.807, 2.05) is 24.3 Å². The van der Waals surface area contributed by atoms with Crippen molar-refractivity contribution < 1.29 is 17.9 Å². The smallest absolute Gasteiger partial charge is 0.434 e. The Morgan fingerprint density at radius 2 is 1.84 bits per heavy atom. The summed E-state index contributed by atoms with van der Waals surface area (Å²) in [6, 6.07) is 10.0. The standard InChI is InChI=1S/C18H15F3N2O2/c1-25-13-4-2-12(3-5-13)7-10-23-11-8-15(24)16-14(23)6-9-22-17(16)18(19,20)21/h2-6,8-9,11H,7,10H2,1H3. The molecule has 0 unspecified atom stereocenters. The molecule has 4 nitrogen and oxygen atoms in total. The van der Waals surface area contributed by atoms with Crippen molar-refractivity contribution in [3.63, 3.8) is 0 Å². The number of halogens is 3. The Bertz CT molecular complexity index is 947. The fourth-order valence-electron chi connectivity index (χ4n) is 2.71. The van der Waals surface area contributed by atoms with Gasteiger partial charge in [0, 0.05) is 25.0 Å². The minimum atomic E-state index is -4.67. The lowest BCUT2D eigenvalue weighted by Crippen LogP contribution is -2.17. The van der Waals surface area contributed by atoms with Gasteiger partial charge < -0.3 is 9.30 Å². The van der Waals surface area contributed by atoms with Gasteiger partial charge in [0.1, 0.15) is 5.75 Å². The molecular weight excluding hydrogens is 333 g/mol. The zero-order valence-electron chi connectivity index (χ0n) is 13.4. The molecule has 0 bridgehead atoms. The van der Waals surface area contributed by atoms with Crippen molar-refractivity contribution in [3.05, 3.63) is 70.3 Å². The maximum absolute atomic E-state index is 13.1. The second kappa shape index (κ2) is 6.58. The second-order valence-corrected chi connectivity index (χ2v) is 5.52. The van der Waals surface area contributed by atoms with Crippen LogP contribution in [0.2, 0.25) is 0 Å². The van der Waals surface area contributed by atoms with Crippen molar-refractivity contribution in [2.24, 2.45) is 0 Å². The minimum absolute atomic E-state index is 0.225. The number of aromatic nitrogens is 2. The summed E-state index contributed by atoms with van der Waals surface area (Å²) in [6.45, 7) is 0.435. The number of aryl methyl sites for hydroxylation is 2. The van der Waals surface area contributed by atoms with Crippen LogP contribution >= 0.6 is 0 Å². The molecule has 0 aliphatic carbocycles. The van der Waals surface area contributed by atoms with Crippen LogP contribution in [0.4, 0.5) is 13.2 Å². The van der Waals surface area contributed by atoms with Gasteiger partial charge in [-0.05, 0) is 30.2 Å². The van der Waals surface area contributed by atoms with E-state index in [1.165, 1.54) is 12.3 Å². The highest BCUT2D eigenvalue weighted by Crippen LogP contribution is 2.31. The number of alkyl halides is 3. The first-order valence-corrected chi connectivity index (χ1v) is 7.58. The Morgan fingerprint density at radius 1 is 1.12 bits per heavy atom. The van der Waals surface area contributed by atoms with Gasteiger partial charge in [-0.1, -0.05) is 12.1 Å². The first-order valence-electron chi connectivity index (χ1n) is 7.58. The zero-order valence-corrected chi connectivity index (χ0v) is 13.4. The molecule has 7 heteroatoms. The number of nitrogens with zero attached hydrogens (tertiary/aromatic N) is 2. The molecule has 1 aromatic carbocycles. The van der Waals surface area contributed by atoms with Crippen molar-refractivity contribution in [2.75, 3.05) is 7.11 Å². The number of rotatable bonds is 4. The summed E-state index contributed by atoms with van der Waals surface area (Å²) in [7, 11) is 1.58. The average molecular weight is 348 g/mol. The van der Waals surface area contributed by atoms with Crippen molar-refractivity contribution >= 4 is 10.9 Å². The van der Waals surface area contributed by atoms with Crippen LogP contribution in [0.25, 0.3) is 10.9 Å². The molecule has 3 aromatic rings. The molecule has 3 rings (SSSR count). The van der Waals surface area contributed by atoms with Gasteiger partial charge in [0.15, 0.2) is 11.1 Å². The maximum Gasteiger partial charge on any atom is 0.434 e. The summed E-state index contributed by atoms with van der Waals surface area (Å²) in [5.41, 5.74) is -0.592. The van der Waals surface area contributed by atoms with Gasteiger partial charge in [-0.3, -0.25) is 9.78 Å². The quantitative estimate of drug-likeness (QED) is 0.723. The maximum atomic E-state index is 13.1. The molecule has 0 spiro atoms. The van der Waals surface area contributed by atoms with E-state index in [0.717, 1.165) is 23.6 Å². The summed E-state index contributed by atoms with van der Waals surface area (Å²) < 4.78 is 46.1. The predicted molar refractivity (Wildman–Crippen MR) is 87.7 cm³/mol. The Balaban J connectivity index is 1.97. The highest BCUT2D eigenvalue weighted by Gasteiger charge is 2.35. The molecule has 0 atom stereocenters. The number of ether oxygens (including phenoxy) is 1. The third-order valence-corrected chi connectivity index (χ3v) is 3.96. The highest BCUT2D eigenvalue weighted by atomic mass is 19.4. The van der Waals surface area contributed by atoms with Gasteiger partial charge in [0.25, 0.3) is 0 Å². The van der Waals surface area contributed by atoms with Crippen LogP contribution in [-0.2, 0) is 19.1 Å². The van der Waals surface area contributed by atoms with Gasteiger partial charge in [-0.15, -0.1) is 0 Å². The summed E-state index contributed by atoms with van der Waals surface area (Å²) in [6.07, 6.45) is -1.48. The molecular formula is C18H15F3N2O2. The molecule has 130 valence electrons. The molecule has 0 radical (unpaired) electrons. The molecule has 0 amide bonds. The fourth-order valence-corrected chi connectivity index (χ4v) is 2.71. The van der Waals surface area contributed by atoms with E-state index >= 15 is 0 Å². The van der Waals surface area contributed by atoms with Gasteiger partial charge >= 0.3 is 6.18 Å². The lowest BCUT2D eigenvalue weighted by atomic mass is 10.1. The number of hydrogen-bond acceptors (Lipinski definition) is 3. The van der Waals surface area contributed by atoms with Crippen molar-refractivity contribution in [3.8, 4) is 5.75 Å². The SMILES string of the molecule is COc1ccc(CCn2ccc(=O)c3c(C(F)(F)F)nccc32)cc1. The van der Waals surface area contributed by atoms with Gasteiger partial charge in [0.05, 0.1) is 18.0 Å². The average Bonchev–Trinajstić information content (AvgIpc) is 2.60. The molecule has 25 heavy (non-hydrogen) atoms. The minimum Gasteiger partial charge on any atom is -0.497 e. The van der Waals surface area contributed by atoms with E-state index in [-0.39, 0.29) is 5.52 Å². The lowest BCUT2D eigenvalue weighted by molar-refractivity contribution is -0.139. The van der Waals surface area contributed by atoms with Crippen LogP contribution in [0, 0.1) is 0 Å². The molecule has 0 saturated carbocycles. The van der Waals surface area contributed by atoms with Crippen LogP contribution < -0.4 is 10.2 Å². The first kappa shape index (κ1) is 17.0. The van der Waals surface area contributed by atoms with Crippen LogP contribution in [0.15, 0.2) is 53.6 Å². The molecule has 2 heterocycles. The number of hydrogen-bond donors (Lipinski definition) is 0.